The third-order valence-electron chi connectivity index (χ3n) is 6.45. The van der Waals surface area contributed by atoms with Crippen molar-refractivity contribution in [2.45, 2.75) is 42.4 Å². The van der Waals surface area contributed by atoms with Crippen molar-refractivity contribution in [3.8, 4) is 0 Å². The van der Waals surface area contributed by atoms with Crippen LogP contribution < -0.4 is 10.6 Å². The number of nitrogens with zero attached hydrogens (tertiary/aromatic N) is 3. The van der Waals surface area contributed by atoms with Crippen molar-refractivity contribution in [1.82, 2.24) is 14.5 Å². The van der Waals surface area contributed by atoms with Crippen LogP contribution in [-0.4, -0.2) is 51.8 Å². The van der Waals surface area contributed by atoms with E-state index in [9.17, 15) is 9.59 Å². The molecule has 0 bridgehead atoms. The number of para-hydroxylation sites is 3. The van der Waals surface area contributed by atoms with Crippen LogP contribution in [0.5, 0.6) is 0 Å². The van der Waals surface area contributed by atoms with Gasteiger partial charge < -0.3 is 9.88 Å². The number of benzene rings is 2. The van der Waals surface area contributed by atoms with Gasteiger partial charge in [-0.25, -0.2) is 4.79 Å². The Labute approximate surface area is 186 Å². The maximum atomic E-state index is 13.2. The highest BCUT2D eigenvalue weighted by Crippen LogP contribution is 2.37. The molecule has 3 aromatic rings. The van der Waals surface area contributed by atoms with Crippen molar-refractivity contribution < 1.29 is 4.79 Å². The molecule has 2 aromatic carbocycles. The predicted molar refractivity (Wildman–Crippen MR) is 126 cm³/mol. The van der Waals surface area contributed by atoms with Crippen molar-refractivity contribution in [2.75, 3.05) is 31.1 Å². The number of thioether (sulfide) groups is 1. The second kappa shape index (κ2) is 8.55. The summed E-state index contributed by atoms with van der Waals surface area (Å²) >= 11 is 1.86. The third kappa shape index (κ3) is 4.04. The first kappa shape index (κ1) is 20.4. The number of imidazole rings is 1. The maximum absolute atomic E-state index is 13.2. The monoisotopic (exact) mass is 436 g/mol. The van der Waals surface area contributed by atoms with E-state index in [1.54, 1.807) is 0 Å². The minimum Gasteiger partial charge on any atom is -0.310 e. The lowest BCUT2D eigenvalue weighted by Gasteiger charge is -2.33. The lowest BCUT2D eigenvalue weighted by atomic mass is 10.0. The Morgan fingerprint density at radius 1 is 1.03 bits per heavy atom. The van der Waals surface area contributed by atoms with Crippen molar-refractivity contribution in [3.05, 3.63) is 59.0 Å². The number of rotatable bonds is 3. The number of fused-ring (bicyclic) bond motifs is 2. The van der Waals surface area contributed by atoms with Crippen LogP contribution in [0.4, 0.5) is 5.69 Å². The normalized spacial score (nSPS) is 20.5. The van der Waals surface area contributed by atoms with E-state index in [1.165, 1.54) is 4.90 Å². The SMILES string of the molecule is C[C@@H]1CCN(C(=O)CN2CCC(n3c(=O)[nH]c4ccccc43)CC2)c2ccccc2S1. The molecule has 1 N–H and O–H groups in total. The Balaban J connectivity index is 1.26. The molecule has 7 heteroatoms. The van der Waals surface area contributed by atoms with Crippen molar-refractivity contribution in [3.63, 3.8) is 0 Å². The van der Waals surface area contributed by atoms with Gasteiger partial charge in [0.2, 0.25) is 5.91 Å². The number of carbonyl (C=O) groups is 1. The van der Waals surface area contributed by atoms with E-state index in [2.05, 4.69) is 28.9 Å². The highest BCUT2D eigenvalue weighted by molar-refractivity contribution is 8.00. The Morgan fingerprint density at radius 2 is 1.77 bits per heavy atom. The van der Waals surface area contributed by atoms with E-state index < -0.39 is 0 Å². The van der Waals surface area contributed by atoms with Crippen LogP contribution in [0.25, 0.3) is 11.0 Å². The molecule has 2 aliphatic heterocycles. The molecule has 0 unspecified atom stereocenters. The molecule has 1 fully saturated rings. The van der Waals surface area contributed by atoms with Gasteiger partial charge in [-0.05, 0) is 43.5 Å². The molecule has 0 spiro atoms. The molecular weight excluding hydrogens is 408 g/mol. The summed E-state index contributed by atoms with van der Waals surface area (Å²) in [5, 5.41) is 0.504. The van der Waals surface area contributed by atoms with Crippen molar-refractivity contribution >= 4 is 34.4 Å². The van der Waals surface area contributed by atoms with Crippen LogP contribution in [0, 0.1) is 0 Å². The van der Waals surface area contributed by atoms with Crippen molar-refractivity contribution in [2.24, 2.45) is 0 Å². The average molecular weight is 437 g/mol. The summed E-state index contributed by atoms with van der Waals surface area (Å²) in [6.45, 7) is 5.08. The fourth-order valence-electron chi connectivity index (χ4n) is 4.79. The minimum absolute atomic E-state index is 0.0384. The molecule has 1 amide bonds. The number of anilines is 1. The van der Waals surface area contributed by atoms with Gasteiger partial charge in [0.25, 0.3) is 0 Å². The summed E-state index contributed by atoms with van der Waals surface area (Å²) in [6, 6.07) is 16.3. The van der Waals surface area contributed by atoms with Crippen LogP contribution in [-0.2, 0) is 4.79 Å². The molecule has 5 rings (SSSR count). The molecule has 0 radical (unpaired) electrons. The van der Waals surface area contributed by atoms with Gasteiger partial charge in [-0.15, -0.1) is 11.8 Å². The molecule has 1 saturated heterocycles. The number of H-pyrrole nitrogens is 1. The van der Waals surface area contributed by atoms with E-state index in [0.717, 1.165) is 55.6 Å². The highest BCUT2D eigenvalue weighted by atomic mass is 32.2. The number of aromatic nitrogens is 2. The Morgan fingerprint density at radius 3 is 2.61 bits per heavy atom. The van der Waals surface area contributed by atoms with Crippen LogP contribution >= 0.6 is 11.8 Å². The molecular formula is C24H28N4O2S. The fourth-order valence-corrected chi connectivity index (χ4v) is 5.91. The molecule has 2 aliphatic rings. The van der Waals surface area contributed by atoms with Crippen LogP contribution in [0.1, 0.15) is 32.2 Å². The van der Waals surface area contributed by atoms with E-state index in [0.29, 0.717) is 11.8 Å². The summed E-state index contributed by atoms with van der Waals surface area (Å²) in [5.74, 6) is 0.171. The number of amides is 1. The number of aromatic amines is 1. The van der Waals surface area contributed by atoms with E-state index in [-0.39, 0.29) is 17.6 Å². The summed E-state index contributed by atoms with van der Waals surface area (Å²) in [7, 11) is 0. The molecule has 162 valence electrons. The zero-order chi connectivity index (χ0) is 21.4. The number of nitrogens with one attached hydrogen (secondary N) is 1. The van der Waals surface area contributed by atoms with Gasteiger partial charge in [-0.3, -0.25) is 14.3 Å². The Hall–Kier alpha value is -2.51. The fraction of sp³-hybridized carbons (Fsp3) is 0.417. The maximum Gasteiger partial charge on any atom is 0.326 e. The molecule has 6 nitrogen and oxygen atoms in total. The number of hydrogen-bond acceptors (Lipinski definition) is 4. The van der Waals surface area contributed by atoms with E-state index in [1.807, 2.05) is 57.6 Å². The first-order chi connectivity index (χ1) is 15.1. The first-order valence-electron chi connectivity index (χ1n) is 11.1. The molecule has 31 heavy (non-hydrogen) atoms. The zero-order valence-corrected chi connectivity index (χ0v) is 18.6. The minimum atomic E-state index is -0.0384. The molecule has 0 aliphatic carbocycles. The lowest BCUT2D eigenvalue weighted by molar-refractivity contribution is -0.120. The standard InChI is InChI=1S/C24H28N4O2S/c1-17-10-15-27(21-8-4-5-9-22(21)31-17)23(29)16-26-13-11-18(12-14-26)28-20-7-3-2-6-19(20)25-24(28)30/h2-9,17-18H,10-16H2,1H3,(H,25,30)/t17-/m1/s1. The number of piperidine rings is 1. The quantitative estimate of drug-likeness (QED) is 0.677. The smallest absolute Gasteiger partial charge is 0.310 e. The van der Waals surface area contributed by atoms with Crippen LogP contribution in [0.15, 0.2) is 58.2 Å². The second-order valence-corrected chi connectivity index (χ2v) is 10.0. The zero-order valence-electron chi connectivity index (χ0n) is 17.8. The van der Waals surface area contributed by atoms with E-state index in [4.69, 9.17) is 0 Å². The van der Waals surface area contributed by atoms with Gasteiger partial charge in [0.05, 0.1) is 23.3 Å². The molecule has 1 aromatic heterocycles. The summed E-state index contributed by atoms with van der Waals surface area (Å²) in [5.41, 5.74) is 2.86. The van der Waals surface area contributed by atoms with E-state index >= 15 is 0 Å². The predicted octanol–water partition coefficient (Wildman–Crippen LogP) is 3.88. The van der Waals surface area contributed by atoms with Crippen LogP contribution in [0.2, 0.25) is 0 Å². The first-order valence-corrected chi connectivity index (χ1v) is 12.0. The van der Waals surface area contributed by atoms with Gasteiger partial charge in [-0.2, -0.15) is 0 Å². The Kier molecular flexibility index (Phi) is 5.63. The van der Waals surface area contributed by atoms with Crippen LogP contribution in [0.3, 0.4) is 0 Å². The van der Waals surface area contributed by atoms with Gasteiger partial charge in [0.15, 0.2) is 0 Å². The molecule has 0 saturated carbocycles. The third-order valence-corrected chi connectivity index (χ3v) is 7.69. The summed E-state index contributed by atoms with van der Waals surface area (Å²) in [6.07, 6.45) is 2.74. The Bertz CT molecular complexity index is 1150. The average Bonchev–Trinajstić information content (AvgIpc) is 3.00. The summed E-state index contributed by atoms with van der Waals surface area (Å²) < 4.78 is 1.90. The van der Waals surface area contributed by atoms with Gasteiger partial charge in [0.1, 0.15) is 0 Å². The number of carbonyl (C=O) groups excluding carboxylic acids is 1. The van der Waals surface area contributed by atoms with Gasteiger partial charge in [-0.1, -0.05) is 31.2 Å². The number of hydrogen-bond donors (Lipinski definition) is 1. The van der Waals surface area contributed by atoms with Gasteiger partial charge in [0, 0.05) is 35.8 Å². The highest BCUT2D eigenvalue weighted by Gasteiger charge is 2.28. The topological polar surface area (TPSA) is 61.3 Å². The number of likely N-dealkylation sites (tertiary alicyclic amines) is 1. The largest absolute Gasteiger partial charge is 0.326 e. The van der Waals surface area contributed by atoms with Gasteiger partial charge >= 0.3 is 5.69 Å². The van der Waals surface area contributed by atoms with Crippen molar-refractivity contribution in [1.29, 1.82) is 0 Å². The lowest BCUT2D eigenvalue weighted by Crippen LogP contribution is -2.44. The molecule has 3 heterocycles. The summed E-state index contributed by atoms with van der Waals surface area (Å²) in [4.78, 5) is 34.1. The second-order valence-electron chi connectivity index (χ2n) is 8.55. The molecule has 1 atom stereocenters.